The van der Waals surface area contributed by atoms with Crippen LogP contribution in [0.1, 0.15) is 45.3 Å². The number of aromatic nitrogens is 2. The van der Waals surface area contributed by atoms with E-state index in [9.17, 15) is 0 Å². The van der Waals surface area contributed by atoms with E-state index in [1.807, 2.05) is 12.5 Å². The molecular weight excluding hydrogens is 226 g/mol. The van der Waals surface area contributed by atoms with Gasteiger partial charge in [0.05, 0.1) is 18.6 Å². The Morgan fingerprint density at radius 2 is 2.22 bits per heavy atom. The Hall–Kier alpha value is -0.870. The molecule has 0 aliphatic carbocycles. The Balaban J connectivity index is 2.47. The van der Waals surface area contributed by atoms with Gasteiger partial charge in [-0.2, -0.15) is 0 Å². The molecule has 0 saturated heterocycles. The predicted molar refractivity (Wildman–Crippen MR) is 74.6 cm³/mol. The molecule has 18 heavy (non-hydrogen) atoms. The first-order chi connectivity index (χ1) is 8.69. The number of imidazole rings is 1. The molecule has 0 aromatic carbocycles. The van der Waals surface area contributed by atoms with Gasteiger partial charge in [-0.25, -0.2) is 4.98 Å². The Bertz CT molecular complexity index is 325. The number of methoxy groups -OCH3 is 1. The van der Waals surface area contributed by atoms with E-state index in [0.717, 1.165) is 25.6 Å². The van der Waals surface area contributed by atoms with Gasteiger partial charge in [0.1, 0.15) is 0 Å². The second-order valence-electron chi connectivity index (χ2n) is 5.06. The van der Waals surface area contributed by atoms with E-state index in [1.54, 1.807) is 7.11 Å². The number of ether oxygens (including phenoxy) is 1. The zero-order chi connectivity index (χ0) is 13.4. The summed E-state index contributed by atoms with van der Waals surface area (Å²) in [6, 6.07) is 0.515. The molecule has 0 saturated carbocycles. The quantitative estimate of drug-likeness (QED) is 0.688. The number of nitrogens with one attached hydrogen (secondary N) is 1. The Labute approximate surface area is 111 Å². The van der Waals surface area contributed by atoms with E-state index in [2.05, 4.69) is 35.6 Å². The lowest BCUT2D eigenvalue weighted by Gasteiger charge is -2.20. The summed E-state index contributed by atoms with van der Waals surface area (Å²) in [4.78, 5) is 4.27. The molecule has 4 nitrogen and oxygen atoms in total. The van der Waals surface area contributed by atoms with E-state index in [1.165, 1.54) is 18.5 Å². The molecule has 1 aromatic rings. The van der Waals surface area contributed by atoms with E-state index in [-0.39, 0.29) is 0 Å². The van der Waals surface area contributed by atoms with Gasteiger partial charge >= 0.3 is 0 Å². The molecule has 1 heterocycles. The van der Waals surface area contributed by atoms with Crippen LogP contribution in [0.4, 0.5) is 0 Å². The zero-order valence-electron chi connectivity index (χ0n) is 12.1. The highest BCUT2D eigenvalue weighted by Gasteiger charge is 2.12. The van der Waals surface area contributed by atoms with Gasteiger partial charge in [-0.1, -0.05) is 20.3 Å². The van der Waals surface area contributed by atoms with Crippen LogP contribution < -0.4 is 5.32 Å². The van der Waals surface area contributed by atoms with Crippen molar-refractivity contribution in [3.8, 4) is 0 Å². The van der Waals surface area contributed by atoms with E-state index in [0.29, 0.717) is 6.04 Å². The third-order valence-corrected chi connectivity index (χ3v) is 3.45. The van der Waals surface area contributed by atoms with Crippen LogP contribution >= 0.6 is 0 Å². The third kappa shape index (κ3) is 4.78. The van der Waals surface area contributed by atoms with Gasteiger partial charge in [0, 0.05) is 32.4 Å². The maximum absolute atomic E-state index is 5.02. The monoisotopic (exact) mass is 253 g/mol. The minimum Gasteiger partial charge on any atom is -0.383 e. The van der Waals surface area contributed by atoms with Crippen LogP contribution in [0.15, 0.2) is 12.5 Å². The molecule has 2 atom stereocenters. The van der Waals surface area contributed by atoms with Crippen molar-refractivity contribution in [3.63, 3.8) is 0 Å². The van der Waals surface area contributed by atoms with E-state index < -0.39 is 0 Å². The molecule has 0 bridgehead atoms. The number of rotatable bonds is 9. The first kappa shape index (κ1) is 15.2. The fourth-order valence-electron chi connectivity index (χ4n) is 2.12. The molecule has 104 valence electrons. The van der Waals surface area contributed by atoms with Gasteiger partial charge in [-0.3, -0.25) is 0 Å². The topological polar surface area (TPSA) is 39.1 Å². The lowest BCUT2D eigenvalue weighted by Crippen LogP contribution is -2.21. The van der Waals surface area contributed by atoms with Crippen LogP contribution in [0, 0.1) is 5.92 Å². The highest BCUT2D eigenvalue weighted by molar-refractivity contribution is 4.99. The van der Waals surface area contributed by atoms with Gasteiger partial charge in [-0.15, -0.1) is 0 Å². The zero-order valence-corrected chi connectivity index (χ0v) is 12.1. The molecule has 0 aliphatic rings. The third-order valence-electron chi connectivity index (χ3n) is 3.45. The van der Waals surface area contributed by atoms with Crippen LogP contribution in [-0.2, 0) is 11.3 Å². The minimum atomic E-state index is 0.515. The molecular formula is C14H27N3O. The smallest absolute Gasteiger partial charge is 0.0951 e. The van der Waals surface area contributed by atoms with Gasteiger partial charge in [-0.05, 0) is 19.3 Å². The Kier molecular flexibility index (Phi) is 6.98. The average Bonchev–Trinajstić information content (AvgIpc) is 2.82. The van der Waals surface area contributed by atoms with Gasteiger partial charge in [0.2, 0.25) is 0 Å². The normalized spacial score (nSPS) is 14.7. The van der Waals surface area contributed by atoms with Crippen LogP contribution in [0.3, 0.4) is 0 Å². The summed E-state index contributed by atoms with van der Waals surface area (Å²) < 4.78 is 7.30. The van der Waals surface area contributed by atoms with Crippen molar-refractivity contribution in [1.82, 2.24) is 14.9 Å². The minimum absolute atomic E-state index is 0.515. The molecule has 0 amide bonds. The molecule has 0 radical (unpaired) electrons. The largest absolute Gasteiger partial charge is 0.383 e. The second kappa shape index (κ2) is 8.27. The Morgan fingerprint density at radius 1 is 1.44 bits per heavy atom. The van der Waals surface area contributed by atoms with Crippen molar-refractivity contribution >= 4 is 0 Å². The number of hydrogen-bond donors (Lipinski definition) is 1. The molecule has 1 aromatic heterocycles. The fraction of sp³-hybridized carbons (Fsp3) is 0.786. The maximum atomic E-state index is 5.02. The lowest BCUT2D eigenvalue weighted by atomic mass is 10.0. The molecule has 0 aliphatic heterocycles. The molecule has 0 spiro atoms. The van der Waals surface area contributed by atoms with Crippen LogP contribution in [0.25, 0.3) is 0 Å². The molecule has 0 fully saturated rings. The number of hydrogen-bond acceptors (Lipinski definition) is 3. The summed E-state index contributed by atoms with van der Waals surface area (Å²) in [5.74, 6) is 0.761. The number of nitrogens with zero attached hydrogens (tertiary/aromatic N) is 2. The van der Waals surface area contributed by atoms with Crippen LogP contribution in [-0.4, -0.2) is 29.8 Å². The summed E-state index contributed by atoms with van der Waals surface area (Å²) in [6.45, 7) is 9.31. The first-order valence-electron chi connectivity index (χ1n) is 6.89. The second-order valence-corrected chi connectivity index (χ2v) is 5.06. The summed E-state index contributed by atoms with van der Waals surface area (Å²) in [6.07, 6.45) is 6.34. The summed E-state index contributed by atoms with van der Waals surface area (Å²) in [5.41, 5.74) is 1.25. The lowest BCUT2D eigenvalue weighted by molar-refractivity contribution is 0.199. The summed E-state index contributed by atoms with van der Waals surface area (Å²) in [5, 5.41) is 3.37. The van der Waals surface area contributed by atoms with E-state index >= 15 is 0 Å². The fourth-order valence-corrected chi connectivity index (χ4v) is 2.12. The van der Waals surface area contributed by atoms with Gasteiger partial charge in [0.25, 0.3) is 0 Å². The van der Waals surface area contributed by atoms with Crippen molar-refractivity contribution < 1.29 is 4.74 Å². The van der Waals surface area contributed by atoms with E-state index in [4.69, 9.17) is 4.74 Å². The molecule has 1 N–H and O–H groups in total. The Morgan fingerprint density at radius 3 is 2.89 bits per heavy atom. The molecule has 1 rings (SSSR count). The van der Waals surface area contributed by atoms with Crippen molar-refractivity contribution in [2.24, 2.45) is 5.92 Å². The van der Waals surface area contributed by atoms with Gasteiger partial charge in [0.15, 0.2) is 0 Å². The first-order valence-corrected chi connectivity index (χ1v) is 6.89. The van der Waals surface area contributed by atoms with Crippen LogP contribution in [0.2, 0.25) is 0 Å². The summed E-state index contributed by atoms with van der Waals surface area (Å²) in [7, 11) is 1.72. The van der Waals surface area contributed by atoms with Crippen LogP contribution in [0.5, 0.6) is 0 Å². The highest BCUT2D eigenvalue weighted by atomic mass is 16.5. The molecule has 4 heteroatoms. The maximum Gasteiger partial charge on any atom is 0.0951 e. The van der Waals surface area contributed by atoms with Gasteiger partial charge < -0.3 is 14.6 Å². The predicted octanol–water partition coefficient (Wildman–Crippen LogP) is 2.62. The van der Waals surface area contributed by atoms with Crippen molar-refractivity contribution in [2.75, 3.05) is 20.3 Å². The average molecular weight is 253 g/mol. The van der Waals surface area contributed by atoms with Crippen molar-refractivity contribution in [1.29, 1.82) is 0 Å². The van der Waals surface area contributed by atoms with Crippen molar-refractivity contribution in [2.45, 2.75) is 46.2 Å². The summed E-state index contributed by atoms with van der Waals surface area (Å²) >= 11 is 0. The molecule has 2 unspecified atom stereocenters. The standard InChI is InChI=1S/C14H27N3O/c1-5-12(2)8-13(3)17-11-16-10-14(17)9-15-6-7-18-4/h10-13,15H,5-9H2,1-4H3. The van der Waals surface area contributed by atoms with Crippen molar-refractivity contribution in [3.05, 3.63) is 18.2 Å². The SMILES string of the molecule is CCC(C)CC(C)n1cncc1CNCCOC. The highest BCUT2D eigenvalue weighted by Crippen LogP contribution is 2.20.